The molecule has 3 N–H and O–H groups in total. The van der Waals surface area contributed by atoms with E-state index in [0.717, 1.165) is 0 Å². The second-order valence-corrected chi connectivity index (χ2v) is 4.11. The summed E-state index contributed by atoms with van der Waals surface area (Å²) in [4.78, 5) is 11.8. The summed E-state index contributed by atoms with van der Waals surface area (Å²) in [7, 11) is 0. The molecule has 0 radical (unpaired) electrons. The number of halogens is 1. The molecule has 0 spiro atoms. The second kappa shape index (κ2) is 9.19. The highest BCUT2D eigenvalue weighted by atomic mass is 19.1. The fourth-order valence-corrected chi connectivity index (χ4v) is 1.47. The zero-order valence-corrected chi connectivity index (χ0v) is 12.8. The molecule has 0 fully saturated rings. The van der Waals surface area contributed by atoms with E-state index in [1.165, 1.54) is 30.5 Å². The minimum absolute atomic E-state index is 0.0911. The van der Waals surface area contributed by atoms with E-state index in [9.17, 15) is 14.3 Å². The van der Waals surface area contributed by atoms with Crippen molar-refractivity contribution in [2.75, 3.05) is 13.2 Å². The van der Waals surface area contributed by atoms with Gasteiger partial charge < -0.3 is 20.3 Å². The van der Waals surface area contributed by atoms with Gasteiger partial charge in [-0.2, -0.15) is 5.10 Å². The number of aliphatic hydroxyl groups excluding tert-OH is 1. The highest BCUT2D eigenvalue weighted by Crippen LogP contribution is 2.07. The van der Waals surface area contributed by atoms with Gasteiger partial charge in [-0.15, -0.1) is 5.10 Å². The molecule has 7 nitrogen and oxygen atoms in total. The Balaban J connectivity index is 2.99. The molecule has 0 atom stereocenters. The summed E-state index contributed by atoms with van der Waals surface area (Å²) >= 11 is 0. The van der Waals surface area contributed by atoms with Gasteiger partial charge in [-0.1, -0.05) is 12.1 Å². The van der Waals surface area contributed by atoms with Gasteiger partial charge in [-0.05, 0) is 31.5 Å². The van der Waals surface area contributed by atoms with Crippen LogP contribution in [0.1, 0.15) is 19.4 Å². The van der Waals surface area contributed by atoms with Gasteiger partial charge >= 0.3 is 5.97 Å². The SMILES string of the molecule is CCOC(=O)C(=C(/O)OCC)/C(N)=N\N=C/c1ccc(F)cc1. The Morgan fingerprint density at radius 1 is 1.26 bits per heavy atom. The third kappa shape index (κ3) is 5.77. The predicted molar refractivity (Wildman–Crippen MR) is 83.5 cm³/mol. The van der Waals surface area contributed by atoms with E-state index in [2.05, 4.69) is 10.2 Å². The molecule has 0 saturated carbocycles. The number of rotatable bonds is 7. The van der Waals surface area contributed by atoms with Crippen LogP contribution in [-0.4, -0.2) is 36.3 Å². The maximum atomic E-state index is 12.8. The lowest BCUT2D eigenvalue weighted by Gasteiger charge is -2.08. The molecule has 1 aromatic rings. The van der Waals surface area contributed by atoms with Crippen LogP contribution in [-0.2, 0) is 14.3 Å². The molecule has 0 heterocycles. The van der Waals surface area contributed by atoms with Gasteiger partial charge in [-0.25, -0.2) is 9.18 Å². The maximum Gasteiger partial charge on any atom is 0.349 e. The first-order chi connectivity index (χ1) is 11.0. The molecule has 124 valence electrons. The van der Waals surface area contributed by atoms with E-state index >= 15 is 0 Å². The van der Waals surface area contributed by atoms with Gasteiger partial charge in [0.1, 0.15) is 5.82 Å². The molecule has 0 aliphatic rings. The van der Waals surface area contributed by atoms with Crippen molar-refractivity contribution in [1.29, 1.82) is 0 Å². The molecule has 0 saturated heterocycles. The Kier molecular flexibility index (Phi) is 7.25. The summed E-state index contributed by atoms with van der Waals surface area (Å²) < 4.78 is 22.4. The number of carbonyl (C=O) groups excluding carboxylic acids is 1. The van der Waals surface area contributed by atoms with Gasteiger partial charge in [-0.3, -0.25) is 0 Å². The maximum absolute atomic E-state index is 12.8. The van der Waals surface area contributed by atoms with E-state index in [4.69, 9.17) is 15.2 Å². The molecule has 0 bridgehead atoms. The zero-order valence-electron chi connectivity index (χ0n) is 12.8. The van der Waals surface area contributed by atoms with E-state index in [0.29, 0.717) is 5.56 Å². The van der Waals surface area contributed by atoms with E-state index in [1.807, 2.05) is 0 Å². The van der Waals surface area contributed by atoms with Crippen LogP contribution in [0, 0.1) is 5.82 Å². The smallest absolute Gasteiger partial charge is 0.349 e. The van der Waals surface area contributed by atoms with Crippen LogP contribution >= 0.6 is 0 Å². The number of amidine groups is 1. The molecule has 0 amide bonds. The van der Waals surface area contributed by atoms with Gasteiger partial charge in [0.25, 0.3) is 5.95 Å². The van der Waals surface area contributed by atoms with Crippen LogP contribution in [0.25, 0.3) is 0 Å². The standard InChI is InChI=1S/C15H18FN3O4/c1-3-22-14(20)12(15(21)23-4-2)13(17)19-18-9-10-5-7-11(16)8-6-10/h5-9,20H,3-4H2,1-2H3,(H2,17,19)/b14-12-,18-9-. The quantitative estimate of drug-likeness (QED) is 0.199. The van der Waals surface area contributed by atoms with Crippen molar-refractivity contribution in [2.45, 2.75) is 13.8 Å². The van der Waals surface area contributed by atoms with Gasteiger partial charge in [0.2, 0.25) is 0 Å². The van der Waals surface area contributed by atoms with E-state index in [1.54, 1.807) is 13.8 Å². The molecule has 1 rings (SSSR count). The van der Waals surface area contributed by atoms with Crippen LogP contribution in [0.15, 0.2) is 46.0 Å². The topological polar surface area (TPSA) is 106 Å². The molecule has 0 aromatic heterocycles. The average molecular weight is 323 g/mol. The molecular formula is C15H18FN3O4. The number of carbonyl (C=O) groups is 1. The summed E-state index contributed by atoms with van der Waals surface area (Å²) in [6.45, 7) is 3.45. The molecular weight excluding hydrogens is 305 g/mol. The van der Waals surface area contributed by atoms with Crippen LogP contribution < -0.4 is 5.73 Å². The minimum Gasteiger partial charge on any atom is -0.480 e. The number of benzene rings is 1. The Labute approximate surface area is 132 Å². The van der Waals surface area contributed by atoms with Crippen molar-refractivity contribution in [2.24, 2.45) is 15.9 Å². The average Bonchev–Trinajstić information content (AvgIpc) is 2.50. The van der Waals surface area contributed by atoms with Gasteiger partial charge in [0.15, 0.2) is 11.4 Å². The fourth-order valence-electron chi connectivity index (χ4n) is 1.47. The third-order valence-electron chi connectivity index (χ3n) is 2.47. The van der Waals surface area contributed by atoms with Crippen LogP contribution in [0.5, 0.6) is 0 Å². The number of nitrogens with two attached hydrogens (primary N) is 1. The van der Waals surface area contributed by atoms with Crippen molar-refractivity contribution in [3.05, 3.63) is 47.2 Å². The summed E-state index contributed by atoms with van der Waals surface area (Å²) in [6.07, 6.45) is 1.31. The van der Waals surface area contributed by atoms with E-state index < -0.39 is 17.5 Å². The van der Waals surface area contributed by atoms with Crippen molar-refractivity contribution in [3.8, 4) is 0 Å². The summed E-state index contributed by atoms with van der Waals surface area (Å²) in [5.74, 6) is -2.31. The number of hydrogen-bond donors (Lipinski definition) is 2. The number of aliphatic hydroxyl groups is 1. The molecule has 0 unspecified atom stereocenters. The summed E-state index contributed by atoms with van der Waals surface area (Å²) in [6, 6.07) is 5.51. The molecule has 8 heteroatoms. The third-order valence-corrected chi connectivity index (χ3v) is 2.47. The Morgan fingerprint density at radius 3 is 2.43 bits per heavy atom. The first-order valence-electron chi connectivity index (χ1n) is 6.85. The number of esters is 1. The lowest BCUT2D eigenvalue weighted by Crippen LogP contribution is -2.25. The molecule has 1 aromatic carbocycles. The highest BCUT2D eigenvalue weighted by molar-refractivity contribution is 6.18. The van der Waals surface area contributed by atoms with Crippen molar-refractivity contribution >= 4 is 18.0 Å². The Morgan fingerprint density at radius 2 is 1.87 bits per heavy atom. The van der Waals surface area contributed by atoms with Crippen LogP contribution in [0.3, 0.4) is 0 Å². The predicted octanol–water partition coefficient (Wildman–Crippen LogP) is 1.89. The monoisotopic (exact) mass is 323 g/mol. The summed E-state index contributed by atoms with van der Waals surface area (Å²) in [5, 5.41) is 17.0. The number of nitrogens with zero attached hydrogens (tertiary/aromatic N) is 2. The molecule has 23 heavy (non-hydrogen) atoms. The number of ether oxygens (including phenoxy) is 2. The first kappa shape index (κ1) is 18.1. The molecule has 0 aliphatic carbocycles. The number of hydrogen-bond acceptors (Lipinski definition) is 6. The van der Waals surface area contributed by atoms with Gasteiger partial charge in [0, 0.05) is 0 Å². The lowest BCUT2D eigenvalue weighted by atomic mass is 10.2. The Bertz CT molecular complexity index is 624. The van der Waals surface area contributed by atoms with Crippen LogP contribution in [0.4, 0.5) is 4.39 Å². The fraction of sp³-hybridized carbons (Fsp3) is 0.267. The first-order valence-corrected chi connectivity index (χ1v) is 6.85. The largest absolute Gasteiger partial charge is 0.480 e. The highest BCUT2D eigenvalue weighted by Gasteiger charge is 2.22. The minimum atomic E-state index is -0.878. The van der Waals surface area contributed by atoms with Crippen molar-refractivity contribution in [1.82, 2.24) is 0 Å². The van der Waals surface area contributed by atoms with E-state index in [-0.39, 0.29) is 24.9 Å². The lowest BCUT2D eigenvalue weighted by molar-refractivity contribution is -0.138. The summed E-state index contributed by atoms with van der Waals surface area (Å²) in [5.41, 5.74) is 5.82. The zero-order chi connectivity index (χ0) is 17.2. The second-order valence-electron chi connectivity index (χ2n) is 4.11. The van der Waals surface area contributed by atoms with Gasteiger partial charge in [0.05, 0.1) is 19.4 Å². The molecule has 0 aliphatic heterocycles. The Hall–Kier alpha value is -2.90. The van der Waals surface area contributed by atoms with Crippen molar-refractivity contribution in [3.63, 3.8) is 0 Å². The normalized spacial score (nSPS) is 12.9. The van der Waals surface area contributed by atoms with Crippen LogP contribution in [0.2, 0.25) is 0 Å². The van der Waals surface area contributed by atoms with Crippen molar-refractivity contribution < 1.29 is 23.8 Å².